The molecule has 0 aliphatic carbocycles. The number of carbonyl (C=O) groups is 2. The highest BCUT2D eigenvalue weighted by atomic mass is 19.1. The third-order valence-corrected chi connectivity index (χ3v) is 3.65. The molecular weight excluding hydrogens is 299 g/mol. The summed E-state index contributed by atoms with van der Waals surface area (Å²) >= 11 is 0. The van der Waals surface area contributed by atoms with Crippen molar-refractivity contribution in [3.8, 4) is 5.75 Å². The van der Waals surface area contributed by atoms with Crippen molar-refractivity contribution in [2.45, 2.75) is 12.8 Å². The molecule has 2 amide bonds. The summed E-state index contributed by atoms with van der Waals surface area (Å²) in [6.45, 7) is 1.50. The summed E-state index contributed by atoms with van der Waals surface area (Å²) in [5, 5.41) is 5.43. The minimum Gasteiger partial charge on any atom is -0.481 e. The summed E-state index contributed by atoms with van der Waals surface area (Å²) in [5.74, 6) is -1.21. The minimum atomic E-state index is -0.517. The van der Waals surface area contributed by atoms with E-state index in [1.165, 1.54) is 12.1 Å². The molecular formula is C17H15FN2O3. The Morgan fingerprint density at radius 1 is 1.30 bits per heavy atom. The SMILES string of the molecule is CC1C(=O)Nc2ccc(NC(=O)COc3ccccc3F)cc21. The first-order valence-corrected chi connectivity index (χ1v) is 7.16. The van der Waals surface area contributed by atoms with E-state index in [2.05, 4.69) is 10.6 Å². The zero-order valence-electron chi connectivity index (χ0n) is 12.4. The average molecular weight is 314 g/mol. The largest absolute Gasteiger partial charge is 0.481 e. The Hall–Kier alpha value is -2.89. The summed E-state index contributed by atoms with van der Waals surface area (Å²) in [6, 6.07) is 11.1. The molecule has 5 nitrogen and oxygen atoms in total. The van der Waals surface area contributed by atoms with E-state index in [0.29, 0.717) is 5.69 Å². The summed E-state index contributed by atoms with van der Waals surface area (Å²) in [7, 11) is 0. The molecule has 6 heteroatoms. The van der Waals surface area contributed by atoms with Crippen LogP contribution in [0.1, 0.15) is 18.4 Å². The lowest BCUT2D eigenvalue weighted by Gasteiger charge is -2.09. The summed E-state index contributed by atoms with van der Waals surface area (Å²) in [6.07, 6.45) is 0. The van der Waals surface area contributed by atoms with E-state index in [9.17, 15) is 14.0 Å². The third-order valence-electron chi connectivity index (χ3n) is 3.65. The van der Waals surface area contributed by atoms with Gasteiger partial charge in [-0.15, -0.1) is 0 Å². The van der Waals surface area contributed by atoms with Gasteiger partial charge in [0.15, 0.2) is 18.2 Å². The van der Waals surface area contributed by atoms with Crippen molar-refractivity contribution in [2.75, 3.05) is 17.2 Å². The number of benzene rings is 2. The molecule has 1 aliphatic heterocycles. The number of ether oxygens (including phenoxy) is 1. The van der Waals surface area contributed by atoms with Gasteiger partial charge in [-0.05, 0) is 42.8 Å². The number of carbonyl (C=O) groups excluding carboxylic acids is 2. The summed E-state index contributed by atoms with van der Waals surface area (Å²) < 4.78 is 18.5. The first kappa shape index (κ1) is 15.0. The van der Waals surface area contributed by atoms with Gasteiger partial charge < -0.3 is 15.4 Å². The lowest BCUT2D eigenvalue weighted by Crippen LogP contribution is -2.20. The first-order chi connectivity index (χ1) is 11.0. The van der Waals surface area contributed by atoms with Gasteiger partial charge in [0.2, 0.25) is 5.91 Å². The monoisotopic (exact) mass is 314 g/mol. The van der Waals surface area contributed by atoms with Crippen molar-refractivity contribution in [1.82, 2.24) is 0 Å². The Morgan fingerprint density at radius 3 is 2.87 bits per heavy atom. The van der Waals surface area contributed by atoms with Gasteiger partial charge in [-0.25, -0.2) is 4.39 Å². The van der Waals surface area contributed by atoms with Crippen molar-refractivity contribution in [1.29, 1.82) is 0 Å². The quantitative estimate of drug-likeness (QED) is 0.912. The molecule has 2 aromatic carbocycles. The van der Waals surface area contributed by atoms with Crippen LogP contribution < -0.4 is 15.4 Å². The highest BCUT2D eigenvalue weighted by Gasteiger charge is 2.26. The average Bonchev–Trinajstić information content (AvgIpc) is 2.81. The van der Waals surface area contributed by atoms with Crippen LogP contribution in [-0.2, 0) is 9.59 Å². The predicted octanol–water partition coefficient (Wildman–Crippen LogP) is 2.90. The number of nitrogens with one attached hydrogen (secondary N) is 2. The fourth-order valence-corrected chi connectivity index (χ4v) is 2.40. The Bertz CT molecular complexity index is 776. The van der Waals surface area contributed by atoms with Crippen molar-refractivity contribution in [3.63, 3.8) is 0 Å². The number of rotatable bonds is 4. The highest BCUT2D eigenvalue weighted by Crippen LogP contribution is 2.33. The van der Waals surface area contributed by atoms with E-state index < -0.39 is 11.7 Å². The topological polar surface area (TPSA) is 67.4 Å². The first-order valence-electron chi connectivity index (χ1n) is 7.16. The molecule has 2 aromatic rings. The molecule has 2 N–H and O–H groups in total. The van der Waals surface area contributed by atoms with E-state index in [1.54, 1.807) is 37.3 Å². The zero-order chi connectivity index (χ0) is 16.4. The number of para-hydroxylation sites is 1. The Morgan fingerprint density at radius 2 is 2.09 bits per heavy atom. The Kier molecular flexibility index (Phi) is 3.97. The molecule has 0 aromatic heterocycles. The number of hydrogen-bond acceptors (Lipinski definition) is 3. The van der Waals surface area contributed by atoms with Crippen LogP contribution in [0, 0.1) is 5.82 Å². The van der Waals surface area contributed by atoms with Gasteiger partial charge >= 0.3 is 0 Å². The molecule has 0 saturated carbocycles. The second-order valence-corrected chi connectivity index (χ2v) is 5.28. The molecule has 3 rings (SSSR count). The van der Waals surface area contributed by atoms with Gasteiger partial charge in [-0.3, -0.25) is 9.59 Å². The van der Waals surface area contributed by atoms with E-state index in [1.807, 2.05) is 0 Å². The fraction of sp³-hybridized carbons (Fsp3) is 0.176. The van der Waals surface area contributed by atoms with Crippen molar-refractivity contribution >= 4 is 23.2 Å². The van der Waals surface area contributed by atoms with Gasteiger partial charge in [0.25, 0.3) is 5.91 Å². The van der Waals surface area contributed by atoms with E-state index >= 15 is 0 Å². The summed E-state index contributed by atoms with van der Waals surface area (Å²) in [5.41, 5.74) is 2.15. The van der Waals surface area contributed by atoms with Crippen LogP contribution >= 0.6 is 0 Å². The number of halogens is 1. The second-order valence-electron chi connectivity index (χ2n) is 5.28. The highest BCUT2D eigenvalue weighted by molar-refractivity contribution is 6.03. The Balaban J connectivity index is 1.63. The Labute approximate surface area is 132 Å². The number of hydrogen-bond donors (Lipinski definition) is 2. The van der Waals surface area contributed by atoms with Crippen LogP contribution in [-0.4, -0.2) is 18.4 Å². The maximum absolute atomic E-state index is 13.4. The molecule has 1 atom stereocenters. The molecule has 0 fully saturated rings. The molecule has 23 heavy (non-hydrogen) atoms. The van der Waals surface area contributed by atoms with Gasteiger partial charge in [-0.2, -0.15) is 0 Å². The van der Waals surface area contributed by atoms with Crippen LogP contribution in [0.5, 0.6) is 5.75 Å². The van der Waals surface area contributed by atoms with Gasteiger partial charge in [0.05, 0.1) is 5.92 Å². The lowest BCUT2D eigenvalue weighted by molar-refractivity contribution is -0.118. The van der Waals surface area contributed by atoms with Gasteiger partial charge in [0.1, 0.15) is 0 Å². The van der Waals surface area contributed by atoms with E-state index in [0.717, 1.165) is 11.3 Å². The van der Waals surface area contributed by atoms with Crippen LogP contribution in [0.2, 0.25) is 0 Å². The third kappa shape index (κ3) is 3.15. The predicted molar refractivity (Wildman–Crippen MR) is 84.0 cm³/mol. The molecule has 0 bridgehead atoms. The minimum absolute atomic E-state index is 0.0278. The molecule has 118 valence electrons. The maximum atomic E-state index is 13.4. The maximum Gasteiger partial charge on any atom is 0.262 e. The van der Waals surface area contributed by atoms with E-state index in [4.69, 9.17) is 4.74 Å². The fourth-order valence-electron chi connectivity index (χ4n) is 2.40. The number of fused-ring (bicyclic) bond motifs is 1. The van der Waals surface area contributed by atoms with Crippen molar-refractivity contribution < 1.29 is 18.7 Å². The molecule has 1 heterocycles. The summed E-state index contributed by atoms with van der Waals surface area (Å²) in [4.78, 5) is 23.5. The molecule has 1 unspecified atom stereocenters. The molecule has 0 spiro atoms. The zero-order valence-corrected chi connectivity index (χ0v) is 12.4. The van der Waals surface area contributed by atoms with Gasteiger partial charge in [0, 0.05) is 11.4 Å². The normalized spacial score (nSPS) is 15.7. The molecule has 0 saturated heterocycles. The van der Waals surface area contributed by atoms with Crippen LogP contribution in [0.25, 0.3) is 0 Å². The van der Waals surface area contributed by atoms with Crippen molar-refractivity contribution in [2.24, 2.45) is 0 Å². The van der Waals surface area contributed by atoms with Gasteiger partial charge in [-0.1, -0.05) is 12.1 Å². The lowest BCUT2D eigenvalue weighted by atomic mass is 10.0. The molecule has 0 radical (unpaired) electrons. The smallest absolute Gasteiger partial charge is 0.262 e. The van der Waals surface area contributed by atoms with Crippen molar-refractivity contribution in [3.05, 3.63) is 53.8 Å². The standard InChI is InChI=1S/C17H15FN2O3/c1-10-12-8-11(6-7-14(12)20-17(10)22)19-16(21)9-23-15-5-3-2-4-13(15)18/h2-8,10H,9H2,1H3,(H,19,21)(H,20,22). The van der Waals surface area contributed by atoms with Crippen LogP contribution in [0.15, 0.2) is 42.5 Å². The van der Waals surface area contributed by atoms with E-state index in [-0.39, 0.29) is 24.2 Å². The number of amides is 2. The van der Waals surface area contributed by atoms with Crippen LogP contribution in [0.3, 0.4) is 0 Å². The second kappa shape index (κ2) is 6.08. The number of anilines is 2. The van der Waals surface area contributed by atoms with Crippen LogP contribution in [0.4, 0.5) is 15.8 Å². The molecule has 1 aliphatic rings.